The van der Waals surface area contributed by atoms with Crippen LogP contribution in [0.2, 0.25) is 0 Å². The zero-order valence-electron chi connectivity index (χ0n) is 20.8. The molecule has 2 aromatic rings. The topological polar surface area (TPSA) is 99.7 Å². The molecule has 1 aliphatic heterocycles. The molecule has 194 valence electrons. The Bertz CT molecular complexity index is 1010. The summed E-state index contributed by atoms with van der Waals surface area (Å²) >= 11 is 0. The van der Waals surface area contributed by atoms with E-state index in [1.807, 2.05) is 35.2 Å². The zero-order chi connectivity index (χ0) is 25.3. The largest absolute Gasteiger partial charge is 0.354 e. The van der Waals surface area contributed by atoms with Crippen molar-refractivity contribution in [2.75, 3.05) is 30.0 Å². The molecule has 1 aromatic carbocycles. The summed E-state index contributed by atoms with van der Waals surface area (Å²) in [5.41, 5.74) is 6.22. The van der Waals surface area contributed by atoms with E-state index < -0.39 is 11.7 Å². The van der Waals surface area contributed by atoms with E-state index in [-0.39, 0.29) is 30.7 Å². The zero-order valence-corrected chi connectivity index (χ0v) is 20.8. The second-order valence-corrected chi connectivity index (χ2v) is 9.61. The summed E-state index contributed by atoms with van der Waals surface area (Å²) in [6.45, 7) is 3.51. The standard InChI is InChI=1S/C26H35FN6O3/c1-19-28-24(23(27)25(29-19)32-13-7-8-14-32)30-31-26(35)22(15-20-9-5-6-10-20)16-33(18-34)36-17-21-11-3-2-4-12-21/h2-4,11-12,18,20,22H,5-10,13-17H2,1H3,(H,31,35)(H,28,29,30)/t22-/m1/s1. The van der Waals surface area contributed by atoms with Gasteiger partial charge in [-0.15, -0.1) is 0 Å². The number of hydrogen-bond donors (Lipinski definition) is 2. The van der Waals surface area contributed by atoms with Crippen molar-refractivity contribution in [2.24, 2.45) is 11.8 Å². The van der Waals surface area contributed by atoms with Gasteiger partial charge in [-0.1, -0.05) is 56.0 Å². The molecule has 0 unspecified atom stereocenters. The predicted octanol–water partition coefficient (Wildman–Crippen LogP) is 3.75. The van der Waals surface area contributed by atoms with Crippen molar-refractivity contribution in [3.8, 4) is 0 Å². The quantitative estimate of drug-likeness (QED) is 0.340. The molecule has 0 spiro atoms. The van der Waals surface area contributed by atoms with Crippen molar-refractivity contribution in [3.63, 3.8) is 0 Å². The number of nitrogens with zero attached hydrogens (tertiary/aromatic N) is 4. The van der Waals surface area contributed by atoms with Crippen LogP contribution in [0.25, 0.3) is 0 Å². The van der Waals surface area contributed by atoms with Crippen LogP contribution < -0.4 is 15.8 Å². The number of nitrogens with one attached hydrogen (secondary N) is 2. The van der Waals surface area contributed by atoms with Gasteiger partial charge in [0.1, 0.15) is 12.4 Å². The van der Waals surface area contributed by atoms with Crippen LogP contribution in [-0.2, 0) is 21.0 Å². The van der Waals surface area contributed by atoms with Crippen LogP contribution in [0.15, 0.2) is 30.3 Å². The lowest BCUT2D eigenvalue weighted by Gasteiger charge is -2.25. The number of amides is 2. The van der Waals surface area contributed by atoms with Crippen LogP contribution in [0.4, 0.5) is 16.0 Å². The molecule has 2 N–H and O–H groups in total. The van der Waals surface area contributed by atoms with Gasteiger partial charge in [0.2, 0.25) is 18.1 Å². The first-order chi connectivity index (χ1) is 17.5. The van der Waals surface area contributed by atoms with Gasteiger partial charge in [0.25, 0.3) is 0 Å². The third-order valence-corrected chi connectivity index (χ3v) is 6.88. The molecule has 9 nitrogen and oxygen atoms in total. The van der Waals surface area contributed by atoms with Gasteiger partial charge in [0.15, 0.2) is 11.6 Å². The van der Waals surface area contributed by atoms with Crippen molar-refractivity contribution in [1.82, 2.24) is 20.5 Å². The van der Waals surface area contributed by atoms with Crippen LogP contribution in [-0.4, -0.2) is 47.0 Å². The number of carbonyl (C=O) groups excluding carboxylic acids is 2. The average Bonchev–Trinajstić information content (AvgIpc) is 3.61. The smallest absolute Gasteiger partial charge is 0.243 e. The Morgan fingerprint density at radius 2 is 1.92 bits per heavy atom. The normalized spacial score (nSPS) is 16.7. The lowest BCUT2D eigenvalue weighted by molar-refractivity contribution is -0.182. The highest BCUT2D eigenvalue weighted by Gasteiger charge is 2.28. The molecule has 2 heterocycles. The van der Waals surface area contributed by atoms with E-state index in [1.165, 1.54) is 5.06 Å². The number of benzene rings is 1. The highest BCUT2D eigenvalue weighted by Crippen LogP contribution is 2.31. The summed E-state index contributed by atoms with van der Waals surface area (Å²) in [4.78, 5) is 40.9. The maximum absolute atomic E-state index is 15.2. The second-order valence-electron chi connectivity index (χ2n) is 9.61. The van der Waals surface area contributed by atoms with Crippen molar-refractivity contribution >= 4 is 24.0 Å². The number of aromatic nitrogens is 2. The van der Waals surface area contributed by atoms with Gasteiger partial charge < -0.3 is 4.90 Å². The maximum atomic E-state index is 15.2. The Balaban J connectivity index is 1.41. The lowest BCUT2D eigenvalue weighted by atomic mass is 9.92. The fourth-order valence-corrected chi connectivity index (χ4v) is 4.98. The van der Waals surface area contributed by atoms with Gasteiger partial charge in [0.05, 0.1) is 12.5 Å². The highest BCUT2D eigenvalue weighted by molar-refractivity contribution is 5.80. The Hall–Kier alpha value is -3.27. The summed E-state index contributed by atoms with van der Waals surface area (Å²) in [6.07, 6.45) is 7.60. The molecule has 1 saturated carbocycles. The SMILES string of the molecule is Cc1nc(NNC(=O)[C@H](CC2CCCC2)CN(C=O)OCc2ccccc2)c(F)c(N2CCCC2)n1. The Morgan fingerprint density at radius 3 is 2.61 bits per heavy atom. The number of hydroxylamine groups is 2. The Labute approximate surface area is 211 Å². The van der Waals surface area contributed by atoms with E-state index in [0.29, 0.717) is 24.6 Å². The number of hydrogen-bond acceptors (Lipinski definition) is 7. The van der Waals surface area contributed by atoms with Crippen molar-refractivity contribution < 1.29 is 18.8 Å². The molecule has 1 aliphatic carbocycles. The fraction of sp³-hybridized carbons (Fsp3) is 0.538. The first-order valence-electron chi connectivity index (χ1n) is 12.8. The van der Waals surface area contributed by atoms with Gasteiger partial charge in [-0.3, -0.25) is 25.3 Å². The predicted molar refractivity (Wildman–Crippen MR) is 134 cm³/mol. The number of hydrazine groups is 1. The molecular formula is C26H35FN6O3. The first-order valence-corrected chi connectivity index (χ1v) is 12.8. The molecule has 1 atom stereocenters. The van der Waals surface area contributed by atoms with Crippen LogP contribution in [0.5, 0.6) is 0 Å². The Kier molecular flexibility index (Phi) is 9.05. The van der Waals surface area contributed by atoms with Crippen LogP contribution in [0.1, 0.15) is 56.3 Å². The molecule has 0 radical (unpaired) electrons. The minimum atomic E-state index is -0.587. The Morgan fingerprint density at radius 1 is 1.19 bits per heavy atom. The fourth-order valence-electron chi connectivity index (χ4n) is 4.98. The summed E-state index contributed by atoms with van der Waals surface area (Å²) in [7, 11) is 0. The van der Waals surface area contributed by atoms with Crippen molar-refractivity contribution in [1.29, 1.82) is 0 Å². The molecule has 1 saturated heterocycles. The van der Waals surface area contributed by atoms with Crippen LogP contribution in [0.3, 0.4) is 0 Å². The van der Waals surface area contributed by atoms with Gasteiger partial charge in [-0.05, 0) is 37.7 Å². The maximum Gasteiger partial charge on any atom is 0.243 e. The summed E-state index contributed by atoms with van der Waals surface area (Å²) in [5.74, 6) is -0.440. The molecule has 10 heteroatoms. The third-order valence-electron chi connectivity index (χ3n) is 6.88. The van der Waals surface area contributed by atoms with E-state index in [0.717, 1.165) is 57.2 Å². The monoisotopic (exact) mass is 498 g/mol. The molecule has 0 bridgehead atoms. The van der Waals surface area contributed by atoms with E-state index >= 15 is 4.39 Å². The second kappa shape index (κ2) is 12.6. The molecule has 1 aromatic heterocycles. The van der Waals surface area contributed by atoms with Crippen LogP contribution in [0, 0.1) is 24.6 Å². The van der Waals surface area contributed by atoms with Gasteiger partial charge >= 0.3 is 0 Å². The molecule has 36 heavy (non-hydrogen) atoms. The van der Waals surface area contributed by atoms with Crippen molar-refractivity contribution in [3.05, 3.63) is 47.5 Å². The van der Waals surface area contributed by atoms with E-state index in [2.05, 4.69) is 20.8 Å². The van der Waals surface area contributed by atoms with E-state index in [9.17, 15) is 9.59 Å². The lowest BCUT2D eigenvalue weighted by Crippen LogP contribution is -2.42. The number of anilines is 2. The van der Waals surface area contributed by atoms with Gasteiger partial charge in [0, 0.05) is 13.1 Å². The van der Waals surface area contributed by atoms with E-state index in [4.69, 9.17) is 4.84 Å². The van der Waals surface area contributed by atoms with Gasteiger partial charge in [-0.25, -0.2) is 15.0 Å². The van der Waals surface area contributed by atoms with Crippen molar-refractivity contribution in [2.45, 2.75) is 58.5 Å². The number of halogens is 1. The van der Waals surface area contributed by atoms with E-state index in [1.54, 1.807) is 6.92 Å². The molecular weight excluding hydrogens is 463 g/mol. The molecule has 2 fully saturated rings. The summed E-state index contributed by atoms with van der Waals surface area (Å²) in [5, 5.41) is 1.17. The minimum absolute atomic E-state index is 0.0649. The minimum Gasteiger partial charge on any atom is -0.354 e. The highest BCUT2D eigenvalue weighted by atomic mass is 19.1. The summed E-state index contributed by atoms with van der Waals surface area (Å²) < 4.78 is 15.2. The molecule has 2 amide bonds. The summed E-state index contributed by atoms with van der Waals surface area (Å²) in [6, 6.07) is 9.52. The number of rotatable bonds is 12. The third kappa shape index (κ3) is 6.90. The molecule has 2 aliphatic rings. The molecule has 4 rings (SSSR count). The number of aryl methyl sites for hydroxylation is 1. The van der Waals surface area contributed by atoms with Crippen LogP contribution >= 0.6 is 0 Å². The average molecular weight is 499 g/mol. The first kappa shape index (κ1) is 25.8. The number of carbonyl (C=O) groups is 2. The van der Waals surface area contributed by atoms with Gasteiger partial charge in [-0.2, -0.15) is 4.39 Å².